The molecule has 3 nitrogen and oxygen atoms in total. The largest absolute Gasteiger partial charge is 0.456 e. The van der Waals surface area contributed by atoms with Crippen molar-refractivity contribution in [3.05, 3.63) is 185 Å². The second kappa shape index (κ2) is 16.2. The number of benzene rings is 8. The van der Waals surface area contributed by atoms with Crippen molar-refractivity contribution in [1.29, 1.82) is 0 Å². The van der Waals surface area contributed by atoms with Gasteiger partial charge in [0.1, 0.15) is 11.2 Å². The third kappa shape index (κ3) is 8.05. The van der Waals surface area contributed by atoms with Gasteiger partial charge in [0, 0.05) is 44.6 Å². The summed E-state index contributed by atoms with van der Waals surface area (Å²) in [5, 5.41) is 6.28. The van der Waals surface area contributed by atoms with Crippen molar-refractivity contribution in [1.82, 2.24) is 0 Å². The molecule has 67 heavy (non-hydrogen) atoms. The zero-order chi connectivity index (χ0) is 47.2. The van der Waals surface area contributed by atoms with E-state index in [4.69, 9.17) is 4.42 Å². The van der Waals surface area contributed by atoms with Crippen molar-refractivity contribution < 1.29 is 4.42 Å². The minimum atomic E-state index is -0.0800. The maximum Gasteiger partial charge on any atom is 0.199 e. The molecule has 0 saturated carbocycles. The molecule has 1 aliphatic heterocycles. The lowest BCUT2D eigenvalue weighted by atomic mass is 9.56. The number of furan rings is 1. The number of nitrogens with one attached hydrogen (secondary N) is 1. The highest BCUT2D eigenvalue weighted by atomic mass is 16.3. The summed E-state index contributed by atoms with van der Waals surface area (Å²) < 4.78 is 6.66. The van der Waals surface area contributed by atoms with Gasteiger partial charge in [-0.3, -0.25) is 0 Å². The number of nitrogens with zero attached hydrogens (tertiary/aromatic N) is 1. The molecular formula is C63H63BN2O. The molecule has 0 saturated heterocycles. The summed E-state index contributed by atoms with van der Waals surface area (Å²) in [7, 11) is 0.726. The van der Waals surface area contributed by atoms with Crippen LogP contribution in [0, 0.1) is 20.8 Å². The molecule has 0 aliphatic carbocycles. The fourth-order valence-corrected chi connectivity index (χ4v) is 10.5. The smallest absolute Gasteiger partial charge is 0.199 e. The van der Waals surface area contributed by atoms with Crippen LogP contribution < -0.4 is 21.1 Å². The van der Waals surface area contributed by atoms with Crippen LogP contribution in [0.2, 0.25) is 0 Å². The van der Waals surface area contributed by atoms with Crippen LogP contribution in [0.4, 0.5) is 28.4 Å². The summed E-state index contributed by atoms with van der Waals surface area (Å²) in [5.74, 6) is 0. The summed E-state index contributed by atoms with van der Waals surface area (Å²) in [5.41, 5.74) is 25.0. The highest BCUT2D eigenvalue weighted by molar-refractivity contribution is 6.76. The average Bonchev–Trinajstić information content (AvgIpc) is 3.67. The van der Waals surface area contributed by atoms with Gasteiger partial charge in [-0.05, 0) is 165 Å². The number of fused-ring (bicyclic) bond motifs is 6. The third-order valence-corrected chi connectivity index (χ3v) is 14.0. The predicted molar refractivity (Wildman–Crippen MR) is 291 cm³/mol. The molecule has 0 fully saturated rings. The molecule has 0 spiro atoms. The quantitative estimate of drug-likeness (QED) is 0.169. The van der Waals surface area contributed by atoms with E-state index in [2.05, 4.69) is 245 Å². The van der Waals surface area contributed by atoms with E-state index in [0.717, 1.165) is 40.9 Å². The molecule has 1 N–H and O–H groups in total. The first-order valence-corrected chi connectivity index (χ1v) is 24.0. The standard InChI is InChI=1S/C63H63BN2O/c1-38-32-39(2)57(40(3)33-38)42-34-50(49-37-44(62(7,8)9)24-28-51(49)65-46-26-22-43(23-27-46)61(4,5)6)59-54(35-42)66(52-29-25-45(63(10,11)12)36-48(52)41-18-14-13-15-19-41)53-30-31-56-58(60(53)64-59)47-20-16-17-21-55(47)67-56/h13-37,64-65H,1-12H3. The molecule has 1 aliphatic rings. The molecule has 2 heterocycles. The van der Waals surface area contributed by atoms with Gasteiger partial charge in [-0.2, -0.15) is 0 Å². The van der Waals surface area contributed by atoms with Crippen LogP contribution in [0.15, 0.2) is 156 Å². The van der Waals surface area contributed by atoms with Crippen molar-refractivity contribution in [2.75, 3.05) is 10.2 Å². The molecule has 1 aromatic heterocycles. The molecule has 0 bridgehead atoms. The fraction of sp³-hybridized carbons (Fsp3) is 0.238. The van der Waals surface area contributed by atoms with Crippen LogP contribution in [0.25, 0.3) is 55.3 Å². The first kappa shape index (κ1) is 44.1. The van der Waals surface area contributed by atoms with Gasteiger partial charge in [0.15, 0.2) is 7.28 Å². The number of hydrogen-bond acceptors (Lipinski definition) is 3. The van der Waals surface area contributed by atoms with Crippen LogP contribution in [0.5, 0.6) is 0 Å². The number of anilines is 5. The SMILES string of the molecule is Cc1cc(C)c(-c2cc(-c3cc(C(C)(C)C)ccc3Nc3ccc(C(C)(C)C)cc3)c3c(c2)N(c2ccc(C(C)(C)C)cc2-c2ccccc2)c2ccc4oc5ccccc5c4c2B3)c(C)c1. The van der Waals surface area contributed by atoms with Gasteiger partial charge in [-0.25, -0.2) is 0 Å². The van der Waals surface area contributed by atoms with Crippen molar-refractivity contribution in [2.45, 2.75) is 99.3 Å². The molecule has 0 radical (unpaired) electrons. The summed E-state index contributed by atoms with van der Waals surface area (Å²) in [4.78, 5) is 2.59. The summed E-state index contributed by atoms with van der Waals surface area (Å²) in [6.45, 7) is 27.5. The Hall–Kier alpha value is -6.78. The van der Waals surface area contributed by atoms with E-state index in [1.54, 1.807) is 0 Å². The van der Waals surface area contributed by atoms with Crippen LogP contribution in [0.1, 0.15) is 95.7 Å². The molecule has 334 valence electrons. The number of para-hydroxylation sites is 1. The zero-order valence-corrected chi connectivity index (χ0v) is 41.5. The topological polar surface area (TPSA) is 28.4 Å². The van der Waals surface area contributed by atoms with Gasteiger partial charge < -0.3 is 14.6 Å². The molecule has 0 amide bonds. The van der Waals surface area contributed by atoms with Crippen molar-refractivity contribution in [2.24, 2.45) is 0 Å². The molecule has 4 heteroatoms. The molecule has 0 atom stereocenters. The second-order valence-corrected chi connectivity index (χ2v) is 22.2. The Balaban J connectivity index is 1.33. The lowest BCUT2D eigenvalue weighted by molar-refractivity contribution is 0.590. The summed E-state index contributed by atoms with van der Waals surface area (Å²) in [6, 6.07) is 56.9. The van der Waals surface area contributed by atoms with Crippen LogP contribution in [-0.4, -0.2) is 7.28 Å². The lowest BCUT2D eigenvalue weighted by Crippen LogP contribution is -2.41. The normalized spacial score (nSPS) is 12.9. The zero-order valence-electron chi connectivity index (χ0n) is 41.5. The third-order valence-electron chi connectivity index (χ3n) is 14.0. The Morgan fingerprint density at radius 1 is 0.463 bits per heavy atom. The highest BCUT2D eigenvalue weighted by Crippen LogP contribution is 2.48. The first-order valence-electron chi connectivity index (χ1n) is 24.0. The monoisotopic (exact) mass is 875 g/mol. The van der Waals surface area contributed by atoms with Crippen LogP contribution >= 0.6 is 0 Å². The maximum atomic E-state index is 6.66. The number of aryl methyl sites for hydroxylation is 3. The van der Waals surface area contributed by atoms with E-state index in [1.165, 1.54) is 94.4 Å². The van der Waals surface area contributed by atoms with Gasteiger partial charge in [-0.1, -0.05) is 153 Å². The van der Waals surface area contributed by atoms with Gasteiger partial charge in [0.05, 0.1) is 5.69 Å². The first-order chi connectivity index (χ1) is 31.8. The Labute approximate surface area is 399 Å². The number of rotatable bonds is 6. The van der Waals surface area contributed by atoms with E-state index in [-0.39, 0.29) is 16.2 Å². The maximum absolute atomic E-state index is 6.66. The molecule has 9 aromatic rings. The fourth-order valence-electron chi connectivity index (χ4n) is 10.5. The Morgan fingerprint density at radius 2 is 1.06 bits per heavy atom. The van der Waals surface area contributed by atoms with Gasteiger partial charge in [-0.15, -0.1) is 0 Å². The summed E-state index contributed by atoms with van der Waals surface area (Å²) >= 11 is 0. The second-order valence-electron chi connectivity index (χ2n) is 22.2. The van der Waals surface area contributed by atoms with Gasteiger partial charge in [0.25, 0.3) is 0 Å². The van der Waals surface area contributed by atoms with Gasteiger partial charge in [0.2, 0.25) is 0 Å². The highest BCUT2D eigenvalue weighted by Gasteiger charge is 2.34. The molecule has 8 aromatic carbocycles. The van der Waals surface area contributed by atoms with Crippen LogP contribution in [0.3, 0.4) is 0 Å². The minimum Gasteiger partial charge on any atom is -0.456 e. The van der Waals surface area contributed by atoms with Crippen molar-refractivity contribution >= 4 is 68.6 Å². The Kier molecular flexibility index (Phi) is 10.7. The van der Waals surface area contributed by atoms with E-state index >= 15 is 0 Å². The molecule has 10 rings (SSSR count). The molecular weight excluding hydrogens is 812 g/mol. The Morgan fingerprint density at radius 3 is 1.73 bits per heavy atom. The van der Waals surface area contributed by atoms with Crippen molar-refractivity contribution in [3.8, 4) is 33.4 Å². The van der Waals surface area contributed by atoms with E-state index in [1.807, 2.05) is 0 Å². The molecule has 0 unspecified atom stereocenters. The van der Waals surface area contributed by atoms with E-state index in [9.17, 15) is 0 Å². The number of hydrogen-bond donors (Lipinski definition) is 1. The van der Waals surface area contributed by atoms with Crippen molar-refractivity contribution in [3.63, 3.8) is 0 Å². The summed E-state index contributed by atoms with van der Waals surface area (Å²) in [6.07, 6.45) is 0. The lowest BCUT2D eigenvalue weighted by Gasteiger charge is -2.37. The van der Waals surface area contributed by atoms with E-state index < -0.39 is 0 Å². The van der Waals surface area contributed by atoms with E-state index in [0.29, 0.717) is 0 Å². The average molecular weight is 875 g/mol. The minimum absolute atomic E-state index is 0.0446. The Bertz CT molecular complexity index is 3350. The van der Waals surface area contributed by atoms with Gasteiger partial charge >= 0.3 is 0 Å². The predicted octanol–water partition coefficient (Wildman–Crippen LogP) is 16.3. The van der Waals surface area contributed by atoms with Crippen LogP contribution in [-0.2, 0) is 16.2 Å².